The molecule has 0 fully saturated rings. The Morgan fingerprint density at radius 1 is 1.38 bits per heavy atom. The third-order valence-corrected chi connectivity index (χ3v) is 3.76. The molecule has 1 heterocycles. The minimum Gasteiger partial charge on any atom is -0.492 e. The Labute approximate surface area is 136 Å². The van der Waals surface area contributed by atoms with Gasteiger partial charge in [-0.05, 0) is 31.5 Å². The van der Waals surface area contributed by atoms with Crippen molar-refractivity contribution in [1.29, 1.82) is 0 Å². The van der Waals surface area contributed by atoms with Crippen LogP contribution in [0, 0.1) is 6.92 Å². The van der Waals surface area contributed by atoms with Crippen molar-refractivity contribution in [3.05, 3.63) is 33.3 Å². The fourth-order valence-electron chi connectivity index (χ4n) is 1.54. The number of hydrogen-bond donors (Lipinski definition) is 1. The topological polar surface area (TPSA) is 64.1 Å². The first-order valence-corrected chi connectivity index (χ1v) is 7.79. The summed E-state index contributed by atoms with van der Waals surface area (Å²) < 4.78 is 5.50. The fraction of sp³-hybridized carbons (Fsp3) is 0.308. The second-order valence-electron chi connectivity index (χ2n) is 4.20. The van der Waals surface area contributed by atoms with Gasteiger partial charge < -0.3 is 10.1 Å². The number of nitrogens with one attached hydrogen (secondary N) is 1. The standard InChI is InChI=1S/C13H13Cl2N3O2S/c1-8-17-18-13(21-8)16-12(19)3-2-6-20-11-5-4-9(14)7-10(11)15/h4-5,7H,2-3,6H2,1H3,(H,16,18,19). The molecule has 8 heteroatoms. The highest BCUT2D eigenvalue weighted by molar-refractivity contribution is 7.15. The number of ether oxygens (including phenoxy) is 1. The van der Waals surface area contributed by atoms with Gasteiger partial charge >= 0.3 is 0 Å². The molecule has 21 heavy (non-hydrogen) atoms. The summed E-state index contributed by atoms with van der Waals surface area (Å²) in [5.74, 6) is 0.443. The van der Waals surface area contributed by atoms with Crippen LogP contribution in [0.3, 0.4) is 0 Å². The maximum absolute atomic E-state index is 11.7. The highest BCUT2D eigenvalue weighted by atomic mass is 35.5. The Bertz CT molecular complexity index is 634. The first-order valence-electron chi connectivity index (χ1n) is 6.22. The van der Waals surface area contributed by atoms with E-state index in [1.54, 1.807) is 18.2 Å². The van der Waals surface area contributed by atoms with Gasteiger partial charge in [0.25, 0.3) is 0 Å². The zero-order valence-corrected chi connectivity index (χ0v) is 13.6. The number of rotatable bonds is 6. The summed E-state index contributed by atoms with van der Waals surface area (Å²) >= 11 is 13.1. The predicted octanol–water partition coefficient (Wildman–Crippen LogP) is 3.95. The average molecular weight is 346 g/mol. The Morgan fingerprint density at radius 2 is 2.19 bits per heavy atom. The number of halogens is 2. The van der Waals surface area contributed by atoms with Crippen molar-refractivity contribution < 1.29 is 9.53 Å². The summed E-state index contributed by atoms with van der Waals surface area (Å²) in [5.41, 5.74) is 0. The molecular weight excluding hydrogens is 333 g/mol. The molecule has 1 amide bonds. The van der Waals surface area contributed by atoms with Crippen LogP contribution in [0.1, 0.15) is 17.8 Å². The molecule has 0 bridgehead atoms. The van der Waals surface area contributed by atoms with Crippen LogP contribution in [0.15, 0.2) is 18.2 Å². The largest absolute Gasteiger partial charge is 0.492 e. The van der Waals surface area contributed by atoms with E-state index in [9.17, 15) is 4.79 Å². The first-order chi connectivity index (χ1) is 10.0. The predicted molar refractivity (Wildman–Crippen MR) is 84.5 cm³/mol. The maximum atomic E-state index is 11.7. The van der Waals surface area contributed by atoms with Gasteiger partial charge in [0.05, 0.1) is 11.6 Å². The van der Waals surface area contributed by atoms with Crippen LogP contribution in [-0.4, -0.2) is 22.7 Å². The molecule has 0 aliphatic rings. The van der Waals surface area contributed by atoms with Crippen molar-refractivity contribution >= 4 is 45.6 Å². The SMILES string of the molecule is Cc1nnc(NC(=O)CCCOc2ccc(Cl)cc2Cl)s1. The number of hydrogen-bond acceptors (Lipinski definition) is 5. The van der Waals surface area contributed by atoms with E-state index in [0.717, 1.165) is 5.01 Å². The molecule has 0 saturated heterocycles. The Morgan fingerprint density at radius 3 is 2.86 bits per heavy atom. The van der Waals surface area contributed by atoms with Crippen molar-refractivity contribution in [1.82, 2.24) is 10.2 Å². The minimum atomic E-state index is -0.114. The number of nitrogens with zero attached hydrogens (tertiary/aromatic N) is 2. The third-order valence-electron chi connectivity index (χ3n) is 2.47. The molecule has 112 valence electrons. The van der Waals surface area contributed by atoms with Crippen LogP contribution in [0.2, 0.25) is 10.0 Å². The maximum Gasteiger partial charge on any atom is 0.226 e. The fourth-order valence-corrected chi connectivity index (χ4v) is 2.61. The zero-order chi connectivity index (χ0) is 15.2. The lowest BCUT2D eigenvalue weighted by Crippen LogP contribution is -2.12. The highest BCUT2D eigenvalue weighted by Crippen LogP contribution is 2.27. The van der Waals surface area contributed by atoms with Gasteiger partial charge in [-0.25, -0.2) is 0 Å². The van der Waals surface area contributed by atoms with E-state index in [1.165, 1.54) is 11.3 Å². The van der Waals surface area contributed by atoms with E-state index in [4.69, 9.17) is 27.9 Å². The second kappa shape index (κ2) is 7.59. The molecule has 1 N–H and O–H groups in total. The molecule has 0 aliphatic carbocycles. The normalized spacial score (nSPS) is 10.4. The van der Waals surface area contributed by atoms with Crippen LogP contribution in [0.4, 0.5) is 5.13 Å². The van der Waals surface area contributed by atoms with Gasteiger partial charge in [0.15, 0.2) is 0 Å². The molecule has 0 saturated carbocycles. The van der Waals surface area contributed by atoms with Gasteiger partial charge in [0.2, 0.25) is 11.0 Å². The molecule has 0 unspecified atom stereocenters. The summed E-state index contributed by atoms with van der Waals surface area (Å²) in [6.07, 6.45) is 0.909. The van der Waals surface area contributed by atoms with Gasteiger partial charge in [0.1, 0.15) is 10.8 Å². The molecular formula is C13H13Cl2N3O2S. The molecule has 0 aliphatic heterocycles. The summed E-state index contributed by atoms with van der Waals surface area (Å²) in [6, 6.07) is 5.02. The summed E-state index contributed by atoms with van der Waals surface area (Å²) in [4.78, 5) is 11.7. The third kappa shape index (κ3) is 5.15. The van der Waals surface area contributed by atoms with Crippen molar-refractivity contribution in [3.8, 4) is 5.75 Å². The van der Waals surface area contributed by atoms with Crippen LogP contribution < -0.4 is 10.1 Å². The monoisotopic (exact) mass is 345 g/mol. The number of aromatic nitrogens is 2. The van der Waals surface area contributed by atoms with E-state index in [0.29, 0.717) is 40.4 Å². The van der Waals surface area contributed by atoms with E-state index in [2.05, 4.69) is 15.5 Å². The van der Waals surface area contributed by atoms with Crippen LogP contribution >= 0.6 is 34.5 Å². The van der Waals surface area contributed by atoms with Gasteiger partial charge in [-0.1, -0.05) is 34.5 Å². The lowest BCUT2D eigenvalue weighted by molar-refractivity contribution is -0.116. The van der Waals surface area contributed by atoms with E-state index >= 15 is 0 Å². The number of carbonyl (C=O) groups excluding carboxylic acids is 1. The molecule has 0 radical (unpaired) electrons. The number of anilines is 1. The lowest BCUT2D eigenvalue weighted by Gasteiger charge is -2.07. The molecule has 0 atom stereocenters. The molecule has 1 aromatic carbocycles. The Hall–Kier alpha value is -1.37. The van der Waals surface area contributed by atoms with Crippen molar-refractivity contribution in [2.24, 2.45) is 0 Å². The van der Waals surface area contributed by atoms with E-state index in [-0.39, 0.29) is 5.91 Å². The second-order valence-corrected chi connectivity index (χ2v) is 6.23. The average Bonchev–Trinajstić information content (AvgIpc) is 2.82. The van der Waals surface area contributed by atoms with Crippen molar-refractivity contribution in [2.75, 3.05) is 11.9 Å². The highest BCUT2D eigenvalue weighted by Gasteiger charge is 2.07. The smallest absolute Gasteiger partial charge is 0.226 e. The van der Waals surface area contributed by atoms with Gasteiger partial charge in [-0.15, -0.1) is 10.2 Å². The van der Waals surface area contributed by atoms with E-state index in [1.807, 2.05) is 6.92 Å². The quantitative estimate of drug-likeness (QED) is 0.805. The Balaban J connectivity index is 1.70. The first kappa shape index (κ1) is 16.0. The van der Waals surface area contributed by atoms with Gasteiger partial charge in [0, 0.05) is 11.4 Å². The van der Waals surface area contributed by atoms with Crippen molar-refractivity contribution in [2.45, 2.75) is 19.8 Å². The summed E-state index contributed by atoms with van der Waals surface area (Å²) in [5, 5.41) is 12.7. The van der Waals surface area contributed by atoms with Crippen LogP contribution in [0.5, 0.6) is 5.75 Å². The van der Waals surface area contributed by atoms with Crippen LogP contribution in [0.25, 0.3) is 0 Å². The summed E-state index contributed by atoms with van der Waals surface area (Å²) in [7, 11) is 0. The molecule has 1 aromatic heterocycles. The zero-order valence-electron chi connectivity index (χ0n) is 11.2. The van der Waals surface area contributed by atoms with E-state index < -0.39 is 0 Å². The molecule has 0 spiro atoms. The molecule has 5 nitrogen and oxygen atoms in total. The van der Waals surface area contributed by atoms with Gasteiger partial charge in [-0.2, -0.15) is 0 Å². The molecule has 2 rings (SSSR count). The number of amides is 1. The minimum absolute atomic E-state index is 0.114. The number of aryl methyl sites for hydroxylation is 1. The summed E-state index contributed by atoms with van der Waals surface area (Å²) in [6.45, 7) is 2.22. The van der Waals surface area contributed by atoms with Crippen LogP contribution in [-0.2, 0) is 4.79 Å². The van der Waals surface area contributed by atoms with Gasteiger partial charge in [-0.3, -0.25) is 4.79 Å². The van der Waals surface area contributed by atoms with Crippen molar-refractivity contribution in [3.63, 3.8) is 0 Å². The number of carbonyl (C=O) groups is 1. The lowest BCUT2D eigenvalue weighted by atomic mass is 10.3. The molecule has 2 aromatic rings. The Kier molecular flexibility index (Phi) is 5.78. The number of benzene rings is 1.